The van der Waals surface area contributed by atoms with Crippen molar-refractivity contribution in [3.63, 3.8) is 0 Å². The Bertz CT molecular complexity index is 3240. The van der Waals surface area contributed by atoms with Gasteiger partial charge in [0.05, 0.1) is 62.7 Å². The van der Waals surface area contributed by atoms with Crippen LogP contribution in [0.5, 0.6) is 28.7 Å². The predicted molar refractivity (Wildman–Crippen MR) is 282 cm³/mol. The maximum Gasteiger partial charge on any atom is 0.417 e. The molecule has 0 amide bonds. The molecule has 0 unspecified atom stereocenters. The van der Waals surface area contributed by atoms with Crippen LogP contribution in [-0.2, 0) is 32.4 Å². The minimum absolute atomic E-state index is 0.0120. The first-order valence-corrected chi connectivity index (χ1v) is 24.5. The molecule has 6 aromatic carbocycles. The summed E-state index contributed by atoms with van der Waals surface area (Å²) in [4.78, 5) is 19.4. The summed E-state index contributed by atoms with van der Waals surface area (Å²) in [5, 5.41) is -0.894. The lowest BCUT2D eigenvalue weighted by Crippen LogP contribution is -2.33. The second kappa shape index (κ2) is 22.1. The van der Waals surface area contributed by atoms with Crippen LogP contribution in [0.1, 0.15) is 51.9 Å². The Labute approximate surface area is 440 Å². The molecule has 1 aliphatic rings. The van der Waals surface area contributed by atoms with Gasteiger partial charge in [0.2, 0.25) is 5.28 Å². The number of aromatic nitrogens is 3. The molecule has 0 spiro atoms. The summed E-state index contributed by atoms with van der Waals surface area (Å²) in [6, 6.07) is 33.6. The second-order valence-corrected chi connectivity index (χ2v) is 18.6. The highest BCUT2D eigenvalue weighted by Gasteiger charge is 2.41. The predicted octanol–water partition coefficient (Wildman–Crippen LogP) is 14.0. The number of rotatable bonds is 17. The second-order valence-electron chi connectivity index (χ2n) is 17.9. The van der Waals surface area contributed by atoms with E-state index in [1.807, 2.05) is 72.5 Å². The molecular formula is C57H51Cl2F5N6O5. The van der Waals surface area contributed by atoms with Crippen molar-refractivity contribution in [2.45, 2.75) is 52.2 Å². The van der Waals surface area contributed by atoms with Gasteiger partial charge in [-0.1, -0.05) is 66.2 Å². The Morgan fingerprint density at radius 2 is 1.16 bits per heavy atom. The van der Waals surface area contributed by atoms with E-state index < -0.39 is 56.6 Å². The van der Waals surface area contributed by atoms with E-state index >= 15 is 22.0 Å². The van der Waals surface area contributed by atoms with Gasteiger partial charge >= 0.3 is 6.18 Å². The smallest absolute Gasteiger partial charge is 0.417 e. The van der Waals surface area contributed by atoms with Crippen LogP contribution in [0.25, 0.3) is 22.0 Å². The highest BCUT2D eigenvalue weighted by molar-refractivity contribution is 6.37. The third kappa shape index (κ3) is 10.9. The summed E-state index contributed by atoms with van der Waals surface area (Å²) in [6.07, 6.45) is -3.49. The van der Waals surface area contributed by atoms with Crippen LogP contribution in [0.15, 0.2) is 121 Å². The molecule has 1 atom stereocenters. The van der Waals surface area contributed by atoms with Crippen molar-refractivity contribution in [3.05, 3.63) is 182 Å². The lowest BCUT2D eigenvalue weighted by atomic mass is 9.91. The zero-order valence-electron chi connectivity index (χ0n) is 41.7. The molecule has 9 rings (SSSR count). The lowest BCUT2D eigenvalue weighted by Gasteiger charge is -2.33. The SMILES string of the molecule is COc1ccc(CN(Cc2ccc(OC)cc2)c2cc(-c3c(Cl)c4c5c(nc(Cl)nc5c3F)N([C@H](C)c3cccnc3N(Cc3ccc(OC)cc3)Cc3ccc(OC)cc3)CCO4)c(C(F)(F)F)c(C)c2F)cc1. The van der Waals surface area contributed by atoms with Gasteiger partial charge in [-0.3, -0.25) is 0 Å². The molecule has 0 N–H and O–H groups in total. The minimum atomic E-state index is -5.19. The van der Waals surface area contributed by atoms with Crippen molar-refractivity contribution in [2.24, 2.45) is 0 Å². The van der Waals surface area contributed by atoms with E-state index in [2.05, 4.69) is 14.9 Å². The standard InChI is InChI=1S/C57H51Cl2F5N6O5/c1-33-48(57(62,63)64)44(28-45(50(33)60)68(29-35-9-17-39(71-3)18-10-35)30-36-11-19-40(72-4)20-12-36)46-49(58)53-47-52(51(46)61)66-56(59)67-55(47)70(26-27-75-53)34(2)43-8-7-25-65-54(43)69(31-37-13-21-41(73-5)22-14-37)32-38-15-23-42(74-6)24-16-38/h7-25,28,34H,26-27,29-32H2,1-6H3/t34-/m1/s1. The molecular weight excluding hydrogens is 1010 g/mol. The van der Waals surface area contributed by atoms with E-state index in [0.717, 1.165) is 29.7 Å². The number of methoxy groups -OCH3 is 4. The van der Waals surface area contributed by atoms with Gasteiger partial charge in [0.1, 0.15) is 52.6 Å². The molecule has 0 saturated heterocycles. The van der Waals surface area contributed by atoms with Gasteiger partial charge in [0.15, 0.2) is 11.6 Å². The van der Waals surface area contributed by atoms with E-state index in [0.29, 0.717) is 53.0 Å². The third-order valence-corrected chi connectivity index (χ3v) is 13.9. The Morgan fingerprint density at radius 1 is 0.680 bits per heavy atom. The molecule has 75 heavy (non-hydrogen) atoms. The fourth-order valence-corrected chi connectivity index (χ4v) is 10.0. The lowest BCUT2D eigenvalue weighted by molar-refractivity contribution is -0.137. The summed E-state index contributed by atoms with van der Waals surface area (Å²) in [7, 11) is 6.25. The number of halogens is 7. The van der Waals surface area contributed by atoms with Gasteiger partial charge in [-0.15, -0.1) is 0 Å². The molecule has 11 nitrogen and oxygen atoms in total. The first-order valence-electron chi connectivity index (χ1n) is 23.7. The average molecular weight is 1070 g/mol. The van der Waals surface area contributed by atoms with Crippen LogP contribution >= 0.6 is 23.2 Å². The van der Waals surface area contributed by atoms with Crippen LogP contribution in [0.3, 0.4) is 0 Å². The molecule has 0 fully saturated rings. The zero-order chi connectivity index (χ0) is 53.1. The molecule has 0 aliphatic carbocycles. The van der Waals surface area contributed by atoms with Crippen LogP contribution < -0.4 is 38.4 Å². The number of benzene rings is 6. The monoisotopic (exact) mass is 1060 g/mol. The Hall–Kier alpha value is -7.56. The van der Waals surface area contributed by atoms with Gasteiger partial charge in [-0.25, -0.2) is 18.7 Å². The minimum Gasteiger partial charge on any atom is -0.497 e. The summed E-state index contributed by atoms with van der Waals surface area (Å²) in [5.41, 5.74) is -0.223. The van der Waals surface area contributed by atoms with Crippen molar-refractivity contribution in [1.29, 1.82) is 0 Å². The molecule has 8 aromatic rings. The summed E-state index contributed by atoms with van der Waals surface area (Å²) in [5.74, 6) is 0.760. The van der Waals surface area contributed by atoms with Crippen LogP contribution in [0.2, 0.25) is 10.3 Å². The topological polar surface area (TPSA) is 94.5 Å². The molecule has 2 aromatic heterocycles. The van der Waals surface area contributed by atoms with Crippen molar-refractivity contribution < 1.29 is 45.6 Å². The van der Waals surface area contributed by atoms with E-state index in [4.69, 9.17) is 51.9 Å². The highest BCUT2D eigenvalue weighted by Crippen LogP contribution is 2.52. The van der Waals surface area contributed by atoms with Crippen molar-refractivity contribution in [2.75, 3.05) is 56.3 Å². The normalized spacial score (nSPS) is 12.7. The van der Waals surface area contributed by atoms with E-state index in [9.17, 15) is 0 Å². The molecule has 18 heteroatoms. The maximum absolute atomic E-state index is 17.9. The third-order valence-electron chi connectivity index (χ3n) is 13.3. The first-order chi connectivity index (χ1) is 36.1. The van der Waals surface area contributed by atoms with E-state index in [1.54, 1.807) is 73.8 Å². The van der Waals surface area contributed by atoms with Gasteiger partial charge < -0.3 is 38.4 Å². The largest absolute Gasteiger partial charge is 0.497 e. The quantitative estimate of drug-likeness (QED) is 0.0644. The van der Waals surface area contributed by atoms with Gasteiger partial charge in [-0.05, 0) is 114 Å². The van der Waals surface area contributed by atoms with E-state index in [-0.39, 0.29) is 54.2 Å². The zero-order valence-corrected chi connectivity index (χ0v) is 43.2. The van der Waals surface area contributed by atoms with Gasteiger partial charge in [0.25, 0.3) is 0 Å². The average Bonchev–Trinajstić information content (AvgIpc) is 3.65. The van der Waals surface area contributed by atoms with Crippen LogP contribution in [0.4, 0.5) is 39.3 Å². The maximum atomic E-state index is 17.9. The number of anilines is 3. The number of hydrogen-bond donors (Lipinski definition) is 0. The Balaban J connectivity index is 1.17. The molecule has 0 radical (unpaired) electrons. The number of hydrogen-bond acceptors (Lipinski definition) is 11. The van der Waals surface area contributed by atoms with Crippen LogP contribution in [-0.4, -0.2) is 56.5 Å². The van der Waals surface area contributed by atoms with Crippen molar-refractivity contribution >= 4 is 51.4 Å². The van der Waals surface area contributed by atoms with Crippen molar-refractivity contribution in [1.82, 2.24) is 15.0 Å². The molecule has 0 bridgehead atoms. The molecule has 0 saturated carbocycles. The van der Waals surface area contributed by atoms with Crippen LogP contribution in [0, 0.1) is 18.6 Å². The van der Waals surface area contributed by atoms with Gasteiger partial charge in [-0.2, -0.15) is 18.2 Å². The van der Waals surface area contributed by atoms with Gasteiger partial charge in [0, 0.05) is 49.1 Å². The first kappa shape index (κ1) is 52.3. The highest BCUT2D eigenvalue weighted by atomic mass is 35.5. The summed E-state index contributed by atoms with van der Waals surface area (Å²) in [6.45, 7) is 3.94. The number of nitrogens with zero attached hydrogens (tertiary/aromatic N) is 6. The molecule has 1 aliphatic heterocycles. The van der Waals surface area contributed by atoms with E-state index in [1.165, 1.54) is 14.2 Å². The number of ether oxygens (including phenoxy) is 5. The Morgan fingerprint density at radius 3 is 1.63 bits per heavy atom. The molecule has 3 heterocycles. The number of pyridine rings is 1. The van der Waals surface area contributed by atoms with Crippen molar-refractivity contribution in [3.8, 4) is 39.9 Å². The number of alkyl halides is 3. The molecule has 388 valence electrons. The fourth-order valence-electron chi connectivity index (χ4n) is 9.51. The summed E-state index contributed by atoms with van der Waals surface area (Å²) >= 11 is 13.9. The summed E-state index contributed by atoms with van der Waals surface area (Å²) < 4.78 is 109. The Kier molecular flexibility index (Phi) is 15.4. The fraction of sp³-hybridized carbons (Fsp3) is 0.246.